The minimum atomic E-state index is -4.74. The Morgan fingerprint density at radius 2 is 2.03 bits per heavy atom. The van der Waals surface area contributed by atoms with Crippen LogP contribution in [-0.4, -0.2) is 25.7 Å². The number of hydrogen-bond acceptors (Lipinski definition) is 5. The van der Waals surface area contributed by atoms with Gasteiger partial charge in [-0.05, 0) is 37.1 Å². The van der Waals surface area contributed by atoms with Crippen molar-refractivity contribution in [3.63, 3.8) is 0 Å². The molecule has 3 heterocycles. The van der Waals surface area contributed by atoms with Crippen LogP contribution in [0, 0.1) is 12.4 Å². The van der Waals surface area contributed by atoms with Gasteiger partial charge in [0.2, 0.25) is 0 Å². The van der Waals surface area contributed by atoms with Crippen molar-refractivity contribution in [2.75, 3.05) is 0 Å². The Balaban J connectivity index is 1.31. The molecule has 5 rings (SSSR count). The summed E-state index contributed by atoms with van der Waals surface area (Å²) in [6.45, 7) is 6.88. The Bertz CT molecular complexity index is 1500. The fourth-order valence-corrected chi connectivity index (χ4v) is 4.46. The van der Waals surface area contributed by atoms with Crippen LogP contribution in [-0.2, 0) is 12.7 Å². The van der Waals surface area contributed by atoms with Crippen molar-refractivity contribution in [3.8, 4) is 16.9 Å². The lowest BCUT2D eigenvalue weighted by molar-refractivity contribution is -0.137. The third-order valence-corrected chi connectivity index (χ3v) is 6.51. The molecule has 0 aliphatic heterocycles. The molecule has 3 aromatic heterocycles. The zero-order valence-electron chi connectivity index (χ0n) is 18.4. The van der Waals surface area contributed by atoms with E-state index in [1.165, 1.54) is 40.4 Å². The van der Waals surface area contributed by atoms with Crippen LogP contribution in [0.5, 0.6) is 0 Å². The average molecular weight is 512 g/mol. The highest BCUT2D eigenvalue weighted by molar-refractivity contribution is 7.11. The summed E-state index contributed by atoms with van der Waals surface area (Å²) >= 11 is 1.26. The first-order chi connectivity index (χ1) is 17.2. The largest absolute Gasteiger partial charge is 0.409 e. The number of hydrogen-bond donors (Lipinski definition) is 1. The van der Waals surface area contributed by atoms with Gasteiger partial charge in [-0.15, -0.1) is 16.3 Å². The van der Waals surface area contributed by atoms with E-state index in [4.69, 9.17) is 6.57 Å². The highest BCUT2D eigenvalue weighted by Gasteiger charge is 2.35. The molecule has 1 saturated carbocycles. The molecular weight excluding hydrogens is 496 g/mol. The second kappa shape index (κ2) is 9.16. The zero-order valence-corrected chi connectivity index (χ0v) is 19.2. The molecule has 1 aromatic carbocycles. The maximum absolute atomic E-state index is 14.8. The Morgan fingerprint density at radius 1 is 1.22 bits per heavy atom. The summed E-state index contributed by atoms with van der Waals surface area (Å²) in [4.78, 5) is 23.8. The van der Waals surface area contributed by atoms with Gasteiger partial charge in [-0.1, -0.05) is 12.6 Å². The molecule has 0 radical (unpaired) electrons. The highest BCUT2D eigenvalue weighted by atomic mass is 32.1. The van der Waals surface area contributed by atoms with Crippen molar-refractivity contribution in [1.29, 1.82) is 0 Å². The topological polar surface area (TPSA) is 77.1 Å². The highest BCUT2D eigenvalue weighted by Crippen LogP contribution is 2.41. The fraction of sp³-hybridized carbons (Fsp3) is 0.208. The summed E-state index contributed by atoms with van der Waals surface area (Å²) in [7, 11) is 0. The molecule has 36 heavy (non-hydrogen) atoms. The standard InChI is InChI=1S/C24H16F4N6OS/c1-29-22-17(24(26,27)28)8-15(11-30-22)19-6-7-34(33-19)16-5-4-14(18(25)9-16)10-31-23(35)21-20(13-2-3-13)32-12-36-21/h4-9,11-13H,2-3,10H2,(H,31,35). The van der Waals surface area contributed by atoms with Crippen LogP contribution >= 0.6 is 11.3 Å². The SMILES string of the molecule is [C-]#[N+]c1ncc(-c2ccn(-c3ccc(CNC(=O)c4scnc4C4CC4)c(F)c3)n2)cc1C(F)(F)F. The van der Waals surface area contributed by atoms with Crippen molar-refractivity contribution < 1.29 is 22.4 Å². The van der Waals surface area contributed by atoms with Crippen LogP contribution in [0.25, 0.3) is 21.8 Å². The van der Waals surface area contributed by atoms with Gasteiger partial charge in [0.15, 0.2) is 0 Å². The summed E-state index contributed by atoms with van der Waals surface area (Å²) in [6, 6.07) is 6.60. The lowest BCUT2D eigenvalue weighted by Gasteiger charge is -2.09. The molecule has 0 saturated heterocycles. The molecule has 1 aliphatic carbocycles. The van der Waals surface area contributed by atoms with Gasteiger partial charge in [0.1, 0.15) is 16.9 Å². The van der Waals surface area contributed by atoms with Crippen LogP contribution in [0.2, 0.25) is 0 Å². The summed E-state index contributed by atoms with van der Waals surface area (Å²) in [6.07, 6.45) is -0.0907. The summed E-state index contributed by atoms with van der Waals surface area (Å²) in [5.41, 5.74) is 2.14. The van der Waals surface area contributed by atoms with E-state index in [1.54, 1.807) is 11.6 Å². The average Bonchev–Trinajstić information content (AvgIpc) is 3.37. The van der Waals surface area contributed by atoms with Crippen LogP contribution in [0.4, 0.5) is 23.4 Å². The first kappa shape index (κ1) is 23.6. The minimum Gasteiger partial charge on any atom is -0.360 e. The van der Waals surface area contributed by atoms with Crippen molar-refractivity contribution in [2.24, 2.45) is 0 Å². The summed E-state index contributed by atoms with van der Waals surface area (Å²) < 4.78 is 55.9. The van der Waals surface area contributed by atoms with Gasteiger partial charge < -0.3 is 10.2 Å². The number of nitrogens with one attached hydrogen (secondary N) is 1. The minimum absolute atomic E-state index is 0.0173. The maximum Gasteiger partial charge on any atom is 0.409 e. The van der Waals surface area contributed by atoms with Gasteiger partial charge in [-0.2, -0.15) is 18.3 Å². The monoisotopic (exact) mass is 512 g/mol. The van der Waals surface area contributed by atoms with Crippen LogP contribution in [0.1, 0.15) is 45.3 Å². The quantitative estimate of drug-likeness (QED) is 0.258. The number of benzene rings is 1. The second-order valence-electron chi connectivity index (χ2n) is 8.15. The van der Waals surface area contributed by atoms with Gasteiger partial charge in [-0.3, -0.25) is 4.79 Å². The van der Waals surface area contributed by atoms with Crippen molar-refractivity contribution in [1.82, 2.24) is 25.1 Å². The number of amides is 1. The maximum atomic E-state index is 14.8. The number of aromatic nitrogens is 4. The smallest absolute Gasteiger partial charge is 0.360 e. The molecule has 1 amide bonds. The van der Waals surface area contributed by atoms with Gasteiger partial charge in [0, 0.05) is 29.8 Å². The van der Waals surface area contributed by atoms with E-state index in [-0.39, 0.29) is 29.3 Å². The fourth-order valence-electron chi connectivity index (χ4n) is 3.67. The molecule has 182 valence electrons. The van der Waals surface area contributed by atoms with E-state index in [0.717, 1.165) is 30.8 Å². The van der Waals surface area contributed by atoms with Crippen LogP contribution < -0.4 is 5.32 Å². The third kappa shape index (κ3) is 4.70. The van der Waals surface area contributed by atoms with Crippen molar-refractivity contribution >= 4 is 23.1 Å². The van der Waals surface area contributed by atoms with E-state index < -0.39 is 23.4 Å². The molecule has 1 fully saturated rings. The van der Waals surface area contributed by atoms with Gasteiger partial charge in [0.25, 0.3) is 11.7 Å². The number of thiazole rings is 1. The number of halogens is 4. The number of carbonyl (C=O) groups excluding carboxylic acids is 1. The number of nitrogens with zero attached hydrogens (tertiary/aromatic N) is 5. The van der Waals surface area contributed by atoms with Crippen molar-refractivity contribution in [2.45, 2.75) is 31.5 Å². The molecule has 0 spiro atoms. The van der Waals surface area contributed by atoms with Crippen LogP contribution in [0.3, 0.4) is 0 Å². The molecule has 4 aromatic rings. The first-order valence-corrected chi connectivity index (χ1v) is 11.6. The van der Waals surface area contributed by atoms with Gasteiger partial charge in [0.05, 0.1) is 28.1 Å². The second-order valence-corrected chi connectivity index (χ2v) is 9.00. The Morgan fingerprint density at radius 3 is 2.72 bits per heavy atom. The zero-order chi connectivity index (χ0) is 25.4. The Hall–Kier alpha value is -4.11. The lowest BCUT2D eigenvalue weighted by atomic mass is 10.1. The number of carbonyl (C=O) groups is 1. The van der Waals surface area contributed by atoms with E-state index in [9.17, 15) is 22.4 Å². The number of alkyl halides is 3. The molecule has 1 N–H and O–H groups in total. The molecule has 7 nitrogen and oxygen atoms in total. The van der Waals surface area contributed by atoms with Crippen molar-refractivity contribution in [3.05, 3.63) is 87.2 Å². The third-order valence-electron chi connectivity index (χ3n) is 5.67. The molecule has 0 bridgehead atoms. The van der Waals surface area contributed by atoms with Gasteiger partial charge >= 0.3 is 6.18 Å². The normalized spacial score (nSPS) is 13.4. The summed E-state index contributed by atoms with van der Waals surface area (Å²) in [5.74, 6) is -1.28. The number of rotatable bonds is 6. The predicted octanol–water partition coefficient (Wildman–Crippen LogP) is 5.91. The lowest BCUT2D eigenvalue weighted by Crippen LogP contribution is -2.23. The predicted molar refractivity (Wildman–Crippen MR) is 123 cm³/mol. The molecule has 0 unspecified atom stereocenters. The van der Waals surface area contributed by atoms with E-state index in [1.807, 2.05) is 0 Å². The van der Waals surface area contributed by atoms with E-state index in [2.05, 4.69) is 25.2 Å². The van der Waals surface area contributed by atoms with Gasteiger partial charge in [-0.25, -0.2) is 14.1 Å². The molecule has 0 atom stereocenters. The Labute approximate surface area is 206 Å². The number of pyridine rings is 1. The molecule has 1 aliphatic rings. The first-order valence-electron chi connectivity index (χ1n) is 10.8. The Kier molecular flexibility index (Phi) is 6.01. The van der Waals surface area contributed by atoms with Crippen LogP contribution in [0.15, 0.2) is 48.2 Å². The molecule has 12 heteroatoms. The molecular formula is C24H16F4N6OS. The summed E-state index contributed by atoms with van der Waals surface area (Å²) in [5, 5.41) is 6.96. The van der Waals surface area contributed by atoms with E-state index in [0.29, 0.717) is 16.5 Å². The van der Waals surface area contributed by atoms with E-state index >= 15 is 0 Å².